The van der Waals surface area contributed by atoms with Gasteiger partial charge in [0.25, 0.3) is 6.43 Å². The fourth-order valence-electron chi connectivity index (χ4n) is 2.56. The molecule has 0 spiro atoms. The lowest BCUT2D eigenvalue weighted by Gasteiger charge is -2.35. The molecule has 19 heavy (non-hydrogen) atoms. The second-order valence-electron chi connectivity index (χ2n) is 4.90. The molecule has 0 aliphatic carbocycles. The van der Waals surface area contributed by atoms with Crippen LogP contribution in [0.2, 0.25) is 0 Å². The number of piperazine rings is 1. The van der Waals surface area contributed by atoms with Crippen molar-refractivity contribution in [3.05, 3.63) is 30.1 Å². The molecule has 1 aliphatic heterocycles. The summed E-state index contributed by atoms with van der Waals surface area (Å²) >= 11 is 0. The molecule has 3 rings (SSSR count). The number of rotatable bonds is 2. The van der Waals surface area contributed by atoms with Crippen LogP contribution in [0.5, 0.6) is 0 Å². The number of halogens is 2. The molecule has 0 radical (unpaired) electrons. The van der Waals surface area contributed by atoms with Gasteiger partial charge >= 0.3 is 0 Å². The number of nitrogens with one attached hydrogen (secondary N) is 1. The van der Waals surface area contributed by atoms with Crippen LogP contribution in [0.25, 0.3) is 5.52 Å². The number of anilines is 1. The van der Waals surface area contributed by atoms with Crippen LogP contribution in [-0.2, 0) is 0 Å². The maximum Gasteiger partial charge on any atom is 0.255 e. The van der Waals surface area contributed by atoms with E-state index in [1.54, 1.807) is 10.7 Å². The maximum absolute atomic E-state index is 12.8. The fraction of sp³-hybridized carbons (Fsp3) is 0.462. The molecule has 1 aliphatic rings. The van der Waals surface area contributed by atoms with E-state index < -0.39 is 12.5 Å². The zero-order valence-electron chi connectivity index (χ0n) is 10.7. The molecule has 102 valence electrons. The Morgan fingerprint density at radius 2 is 2.32 bits per heavy atom. The van der Waals surface area contributed by atoms with Gasteiger partial charge in [-0.3, -0.25) is 0 Å². The molecule has 1 unspecified atom stereocenters. The first-order valence-electron chi connectivity index (χ1n) is 6.35. The number of alkyl halides is 2. The van der Waals surface area contributed by atoms with Gasteiger partial charge in [-0.25, -0.2) is 13.3 Å². The molecule has 0 bridgehead atoms. The predicted molar refractivity (Wildman–Crippen MR) is 69.9 cm³/mol. The highest BCUT2D eigenvalue weighted by Crippen LogP contribution is 2.24. The van der Waals surface area contributed by atoms with Gasteiger partial charge in [0.05, 0.1) is 17.2 Å². The summed E-state index contributed by atoms with van der Waals surface area (Å²) in [5.41, 5.74) is 3.05. The molecule has 3 heterocycles. The van der Waals surface area contributed by atoms with Gasteiger partial charge in [0.1, 0.15) is 0 Å². The molecule has 1 atom stereocenters. The van der Waals surface area contributed by atoms with Gasteiger partial charge in [-0.1, -0.05) is 0 Å². The smallest absolute Gasteiger partial charge is 0.255 e. The van der Waals surface area contributed by atoms with E-state index in [1.165, 1.54) is 0 Å². The van der Waals surface area contributed by atoms with Crippen LogP contribution in [0.1, 0.15) is 5.56 Å². The monoisotopic (exact) mass is 266 g/mol. The van der Waals surface area contributed by atoms with Gasteiger partial charge in [-0.2, -0.15) is 5.10 Å². The Balaban J connectivity index is 1.95. The quantitative estimate of drug-likeness (QED) is 0.897. The van der Waals surface area contributed by atoms with Crippen molar-refractivity contribution in [2.45, 2.75) is 19.4 Å². The van der Waals surface area contributed by atoms with Crippen molar-refractivity contribution in [1.29, 1.82) is 0 Å². The van der Waals surface area contributed by atoms with Crippen molar-refractivity contribution in [2.24, 2.45) is 0 Å². The molecular weight excluding hydrogens is 250 g/mol. The van der Waals surface area contributed by atoms with Gasteiger partial charge in [0, 0.05) is 32.0 Å². The average molecular weight is 266 g/mol. The average Bonchev–Trinajstić information content (AvgIpc) is 2.78. The predicted octanol–water partition coefficient (Wildman–Crippen LogP) is 1.69. The Morgan fingerprint density at radius 3 is 3.11 bits per heavy atom. The van der Waals surface area contributed by atoms with E-state index >= 15 is 0 Å². The Kier molecular flexibility index (Phi) is 3.10. The van der Waals surface area contributed by atoms with E-state index in [2.05, 4.69) is 10.4 Å². The first kappa shape index (κ1) is 12.3. The summed E-state index contributed by atoms with van der Waals surface area (Å²) in [6, 6.07) is 3.16. The van der Waals surface area contributed by atoms with Crippen LogP contribution < -0.4 is 10.2 Å². The third kappa shape index (κ3) is 2.28. The molecule has 0 aromatic carbocycles. The zero-order valence-corrected chi connectivity index (χ0v) is 10.7. The van der Waals surface area contributed by atoms with Crippen molar-refractivity contribution in [2.75, 3.05) is 24.5 Å². The molecule has 1 N–H and O–H groups in total. The Hall–Kier alpha value is -1.69. The lowest BCUT2D eigenvalue weighted by atomic mass is 10.2. The summed E-state index contributed by atoms with van der Waals surface area (Å²) < 4.78 is 27.4. The maximum atomic E-state index is 12.8. The molecule has 4 nitrogen and oxygen atoms in total. The van der Waals surface area contributed by atoms with Crippen molar-refractivity contribution in [3.63, 3.8) is 0 Å². The Morgan fingerprint density at radius 1 is 1.47 bits per heavy atom. The summed E-state index contributed by atoms with van der Waals surface area (Å²) in [5.74, 6) is 0. The van der Waals surface area contributed by atoms with Crippen molar-refractivity contribution < 1.29 is 8.78 Å². The van der Waals surface area contributed by atoms with Crippen molar-refractivity contribution in [1.82, 2.24) is 14.9 Å². The first-order chi connectivity index (χ1) is 9.15. The molecular formula is C13H16F2N4. The molecule has 0 amide bonds. The Labute approximate surface area is 110 Å². The minimum Gasteiger partial charge on any atom is -0.367 e. The molecule has 1 fully saturated rings. The number of aryl methyl sites for hydroxylation is 1. The summed E-state index contributed by atoms with van der Waals surface area (Å²) in [6.07, 6.45) is 1.31. The molecule has 2 aromatic heterocycles. The van der Waals surface area contributed by atoms with Crippen LogP contribution in [0, 0.1) is 6.92 Å². The summed E-state index contributed by atoms with van der Waals surface area (Å²) in [6.45, 7) is 3.62. The van der Waals surface area contributed by atoms with E-state index in [1.807, 2.05) is 30.2 Å². The fourth-order valence-corrected chi connectivity index (χ4v) is 2.56. The third-order valence-corrected chi connectivity index (χ3v) is 3.47. The zero-order chi connectivity index (χ0) is 13.4. The normalized spacial score (nSPS) is 20.4. The second-order valence-corrected chi connectivity index (χ2v) is 4.90. The second kappa shape index (κ2) is 4.77. The molecule has 6 heteroatoms. The van der Waals surface area contributed by atoms with Gasteiger partial charge < -0.3 is 10.2 Å². The minimum atomic E-state index is -2.34. The van der Waals surface area contributed by atoms with Crippen LogP contribution in [0.15, 0.2) is 24.5 Å². The van der Waals surface area contributed by atoms with Crippen LogP contribution in [0.3, 0.4) is 0 Å². The van der Waals surface area contributed by atoms with E-state index in [9.17, 15) is 8.78 Å². The lowest BCUT2D eigenvalue weighted by molar-refractivity contribution is 0.0958. The molecule has 1 saturated heterocycles. The van der Waals surface area contributed by atoms with Crippen LogP contribution in [-0.4, -0.2) is 41.7 Å². The largest absolute Gasteiger partial charge is 0.367 e. The first-order valence-corrected chi connectivity index (χ1v) is 6.35. The standard InChI is InChI=1S/C13H16F2N4/c1-9-6-12-11(2-3-17-19(12)7-9)18-5-4-16-10(8-18)13(14)15/h2-3,6-7,10,13,16H,4-5,8H2,1H3. The summed E-state index contributed by atoms with van der Waals surface area (Å²) in [5, 5.41) is 7.10. The topological polar surface area (TPSA) is 32.6 Å². The van der Waals surface area contributed by atoms with Crippen LogP contribution in [0.4, 0.5) is 14.5 Å². The van der Waals surface area contributed by atoms with E-state index in [4.69, 9.17) is 0 Å². The van der Waals surface area contributed by atoms with Gasteiger partial charge in [0.2, 0.25) is 0 Å². The molecule has 0 saturated carbocycles. The van der Waals surface area contributed by atoms with Gasteiger partial charge in [0.15, 0.2) is 0 Å². The Bertz CT molecular complexity index is 581. The third-order valence-electron chi connectivity index (χ3n) is 3.47. The minimum absolute atomic E-state index is 0.321. The summed E-state index contributed by atoms with van der Waals surface area (Å²) in [4.78, 5) is 2.00. The highest BCUT2D eigenvalue weighted by Gasteiger charge is 2.27. The van der Waals surface area contributed by atoms with Crippen molar-refractivity contribution >= 4 is 11.2 Å². The number of hydrogen-bond acceptors (Lipinski definition) is 3. The molecule has 2 aromatic rings. The number of nitrogens with zero attached hydrogens (tertiary/aromatic N) is 3. The van der Waals surface area contributed by atoms with Gasteiger partial charge in [-0.05, 0) is 24.6 Å². The van der Waals surface area contributed by atoms with E-state index in [0.717, 1.165) is 23.3 Å². The van der Waals surface area contributed by atoms with Crippen molar-refractivity contribution in [3.8, 4) is 0 Å². The number of aromatic nitrogens is 2. The number of fused-ring (bicyclic) bond motifs is 1. The highest BCUT2D eigenvalue weighted by atomic mass is 19.3. The summed E-state index contributed by atoms with van der Waals surface area (Å²) in [7, 11) is 0. The van der Waals surface area contributed by atoms with Crippen LogP contribution >= 0.6 is 0 Å². The van der Waals surface area contributed by atoms with Gasteiger partial charge in [-0.15, -0.1) is 0 Å². The van der Waals surface area contributed by atoms with E-state index in [-0.39, 0.29) is 0 Å². The SMILES string of the molecule is Cc1cc2c(N3CCNC(C(F)F)C3)ccnn2c1. The van der Waals surface area contributed by atoms with E-state index in [0.29, 0.717) is 13.1 Å². The number of hydrogen-bond donors (Lipinski definition) is 1. The highest BCUT2D eigenvalue weighted by molar-refractivity contribution is 5.73. The lowest BCUT2D eigenvalue weighted by Crippen LogP contribution is -2.54.